The fourth-order valence-corrected chi connectivity index (χ4v) is 3.21. The first-order chi connectivity index (χ1) is 9.63. The first-order valence-electron chi connectivity index (χ1n) is 6.56. The molecule has 0 aliphatic carbocycles. The van der Waals surface area contributed by atoms with E-state index in [0.29, 0.717) is 11.7 Å². The van der Waals surface area contributed by atoms with Crippen molar-refractivity contribution in [3.8, 4) is 0 Å². The molecule has 2 N–H and O–H groups in total. The smallest absolute Gasteiger partial charge is 0.231 e. The van der Waals surface area contributed by atoms with Crippen LogP contribution >= 0.6 is 11.3 Å². The maximum atomic E-state index is 12.4. The zero-order valence-electron chi connectivity index (χ0n) is 11.5. The number of carbonyl (C=O) groups excluding carboxylic acids is 1. The molecule has 1 fully saturated rings. The number of hydrogen-bond acceptors (Lipinski definition) is 5. The molecule has 106 valence electrons. The van der Waals surface area contributed by atoms with Crippen LogP contribution < -0.4 is 10.6 Å². The summed E-state index contributed by atoms with van der Waals surface area (Å²) in [6.45, 7) is 3.47. The summed E-state index contributed by atoms with van der Waals surface area (Å²) in [4.78, 5) is 17.7. The quantitative estimate of drug-likeness (QED) is 0.889. The Kier molecular flexibility index (Phi) is 3.54. The standard InChI is InChI=1S/C13H17N5OS/c1-8-3-15-13(20-8)17-12(19)11-6-14-5-10(11)9-4-16-18(2)7-9/h3-4,7,10-11,14H,5-6H2,1-2H3,(H,15,17,19)/t10-,11+/m1/s1. The lowest BCUT2D eigenvalue weighted by molar-refractivity contribution is -0.119. The minimum atomic E-state index is -0.0802. The van der Waals surface area contributed by atoms with E-state index in [4.69, 9.17) is 0 Å². The first-order valence-corrected chi connectivity index (χ1v) is 7.37. The highest BCUT2D eigenvalue weighted by Crippen LogP contribution is 2.29. The molecule has 3 rings (SSSR count). The van der Waals surface area contributed by atoms with E-state index in [2.05, 4.69) is 20.7 Å². The molecular formula is C13H17N5OS. The maximum absolute atomic E-state index is 12.4. The van der Waals surface area contributed by atoms with E-state index in [9.17, 15) is 4.79 Å². The Bertz CT molecular complexity index is 620. The van der Waals surface area contributed by atoms with Gasteiger partial charge in [0.25, 0.3) is 0 Å². The van der Waals surface area contributed by atoms with Crippen molar-refractivity contribution in [2.45, 2.75) is 12.8 Å². The summed E-state index contributed by atoms with van der Waals surface area (Å²) in [6.07, 6.45) is 5.59. The van der Waals surface area contributed by atoms with Crippen LogP contribution in [-0.4, -0.2) is 33.8 Å². The summed E-state index contributed by atoms with van der Waals surface area (Å²) in [7, 11) is 1.89. The first kappa shape index (κ1) is 13.3. The van der Waals surface area contributed by atoms with Gasteiger partial charge in [0.05, 0.1) is 12.1 Å². The second-order valence-electron chi connectivity index (χ2n) is 5.08. The zero-order valence-corrected chi connectivity index (χ0v) is 12.3. The van der Waals surface area contributed by atoms with Gasteiger partial charge in [0.2, 0.25) is 5.91 Å². The van der Waals surface area contributed by atoms with Crippen molar-refractivity contribution in [1.29, 1.82) is 0 Å². The Balaban J connectivity index is 1.73. The molecule has 0 spiro atoms. The highest BCUT2D eigenvalue weighted by molar-refractivity contribution is 7.15. The van der Waals surface area contributed by atoms with Crippen LogP contribution in [0.1, 0.15) is 16.4 Å². The van der Waals surface area contributed by atoms with Crippen LogP contribution in [0.2, 0.25) is 0 Å². The molecule has 0 saturated carbocycles. The summed E-state index contributed by atoms with van der Waals surface area (Å²) < 4.78 is 1.77. The van der Waals surface area contributed by atoms with Crippen LogP contribution in [-0.2, 0) is 11.8 Å². The maximum Gasteiger partial charge on any atom is 0.231 e. The third-order valence-corrected chi connectivity index (χ3v) is 4.38. The molecule has 1 aliphatic heterocycles. The highest BCUT2D eigenvalue weighted by Gasteiger charge is 2.34. The van der Waals surface area contributed by atoms with Crippen LogP contribution in [0, 0.1) is 12.8 Å². The van der Waals surface area contributed by atoms with E-state index in [1.165, 1.54) is 11.3 Å². The van der Waals surface area contributed by atoms with E-state index in [1.54, 1.807) is 10.9 Å². The molecule has 2 aromatic heterocycles. The normalized spacial score (nSPS) is 22.1. The topological polar surface area (TPSA) is 71.8 Å². The van der Waals surface area contributed by atoms with Crippen LogP contribution in [0.4, 0.5) is 5.13 Å². The van der Waals surface area contributed by atoms with E-state index in [-0.39, 0.29) is 17.7 Å². The van der Waals surface area contributed by atoms with Crippen LogP contribution in [0.3, 0.4) is 0 Å². The van der Waals surface area contributed by atoms with Crippen molar-refractivity contribution in [3.05, 3.63) is 29.0 Å². The number of hydrogen-bond donors (Lipinski definition) is 2. The van der Waals surface area contributed by atoms with E-state index >= 15 is 0 Å². The number of thiazole rings is 1. The van der Waals surface area contributed by atoms with Crippen molar-refractivity contribution in [2.24, 2.45) is 13.0 Å². The zero-order chi connectivity index (χ0) is 14.1. The molecule has 0 aromatic carbocycles. The second-order valence-corrected chi connectivity index (χ2v) is 6.32. The highest BCUT2D eigenvalue weighted by atomic mass is 32.1. The lowest BCUT2D eigenvalue weighted by atomic mass is 9.90. The molecule has 0 radical (unpaired) electrons. The Labute approximate surface area is 121 Å². The van der Waals surface area contributed by atoms with Gasteiger partial charge in [-0.05, 0) is 12.5 Å². The summed E-state index contributed by atoms with van der Waals surface area (Å²) >= 11 is 1.50. The molecule has 2 atom stereocenters. The third-order valence-electron chi connectivity index (χ3n) is 3.56. The lowest BCUT2D eigenvalue weighted by Gasteiger charge is -2.15. The molecule has 2 aromatic rings. The van der Waals surface area contributed by atoms with Gasteiger partial charge in [-0.2, -0.15) is 5.10 Å². The molecule has 1 aliphatic rings. The van der Waals surface area contributed by atoms with Crippen LogP contribution in [0.25, 0.3) is 0 Å². The molecule has 6 nitrogen and oxygen atoms in total. The minimum Gasteiger partial charge on any atom is -0.315 e. The van der Waals surface area contributed by atoms with Gasteiger partial charge in [0.1, 0.15) is 0 Å². The molecule has 0 unspecified atom stereocenters. The fraction of sp³-hybridized carbons (Fsp3) is 0.462. The number of aryl methyl sites for hydroxylation is 2. The van der Waals surface area contributed by atoms with E-state index < -0.39 is 0 Å². The van der Waals surface area contributed by atoms with Crippen LogP contribution in [0.5, 0.6) is 0 Å². The second kappa shape index (κ2) is 5.34. The Hall–Kier alpha value is -1.73. The molecule has 3 heterocycles. The SMILES string of the molecule is Cc1cnc(NC(=O)[C@H]2CNC[C@@H]2c2cnn(C)c2)s1. The molecule has 1 amide bonds. The summed E-state index contributed by atoms with van der Waals surface area (Å²) in [6, 6.07) is 0. The van der Waals surface area contributed by atoms with E-state index in [1.807, 2.05) is 26.4 Å². The number of nitrogens with zero attached hydrogens (tertiary/aromatic N) is 3. The summed E-state index contributed by atoms with van der Waals surface area (Å²) in [5.41, 5.74) is 1.10. The minimum absolute atomic E-state index is 0.0261. The Morgan fingerprint density at radius 2 is 2.35 bits per heavy atom. The van der Waals surface area contributed by atoms with Crippen molar-refractivity contribution >= 4 is 22.4 Å². The predicted molar refractivity (Wildman–Crippen MR) is 77.8 cm³/mol. The van der Waals surface area contributed by atoms with Crippen molar-refractivity contribution < 1.29 is 4.79 Å². The molecular weight excluding hydrogens is 274 g/mol. The van der Waals surface area contributed by atoms with Gasteiger partial charge >= 0.3 is 0 Å². The lowest BCUT2D eigenvalue weighted by Crippen LogP contribution is -2.27. The molecule has 7 heteroatoms. The van der Waals surface area contributed by atoms with Crippen molar-refractivity contribution in [1.82, 2.24) is 20.1 Å². The summed E-state index contributed by atoms with van der Waals surface area (Å²) in [5.74, 6) is 0.117. The third kappa shape index (κ3) is 2.59. The number of carbonyl (C=O) groups is 1. The van der Waals surface area contributed by atoms with Crippen molar-refractivity contribution in [2.75, 3.05) is 18.4 Å². The Morgan fingerprint density at radius 3 is 3.00 bits per heavy atom. The number of rotatable bonds is 3. The Morgan fingerprint density at radius 1 is 1.50 bits per heavy atom. The largest absolute Gasteiger partial charge is 0.315 e. The molecule has 20 heavy (non-hydrogen) atoms. The van der Waals surface area contributed by atoms with E-state index in [0.717, 1.165) is 17.0 Å². The predicted octanol–water partition coefficient (Wildman–Crippen LogP) is 1.13. The monoisotopic (exact) mass is 291 g/mol. The average molecular weight is 291 g/mol. The van der Waals surface area contributed by atoms with Crippen LogP contribution in [0.15, 0.2) is 18.6 Å². The number of amides is 1. The van der Waals surface area contributed by atoms with Gasteiger partial charge in [-0.1, -0.05) is 0 Å². The number of nitrogens with one attached hydrogen (secondary N) is 2. The van der Waals surface area contributed by atoms with Gasteiger partial charge in [0.15, 0.2) is 5.13 Å². The molecule has 0 bridgehead atoms. The van der Waals surface area contributed by atoms with Gasteiger partial charge in [-0.15, -0.1) is 11.3 Å². The van der Waals surface area contributed by atoms with Gasteiger partial charge < -0.3 is 10.6 Å². The fourth-order valence-electron chi connectivity index (χ4n) is 2.55. The average Bonchev–Trinajstić information content (AvgIpc) is 3.09. The van der Waals surface area contributed by atoms with Gasteiger partial charge in [-0.3, -0.25) is 9.48 Å². The van der Waals surface area contributed by atoms with Gasteiger partial charge in [0, 0.05) is 43.3 Å². The summed E-state index contributed by atoms with van der Waals surface area (Å²) in [5, 5.41) is 11.1. The van der Waals surface area contributed by atoms with Gasteiger partial charge in [-0.25, -0.2) is 4.98 Å². The van der Waals surface area contributed by atoms with Crippen molar-refractivity contribution in [3.63, 3.8) is 0 Å². The number of aromatic nitrogens is 3. The number of anilines is 1. The molecule has 1 saturated heterocycles.